The Morgan fingerprint density at radius 3 is 2.73 bits per heavy atom. The van der Waals surface area contributed by atoms with E-state index in [1.165, 1.54) is 4.90 Å². The van der Waals surface area contributed by atoms with E-state index in [2.05, 4.69) is 11.9 Å². The van der Waals surface area contributed by atoms with Gasteiger partial charge in [-0.15, -0.1) is 0 Å². The van der Waals surface area contributed by atoms with Crippen molar-refractivity contribution in [3.8, 4) is 0 Å². The van der Waals surface area contributed by atoms with Crippen LogP contribution < -0.4 is 15.8 Å². The zero-order valence-electron chi connectivity index (χ0n) is 12.3. The predicted molar refractivity (Wildman–Crippen MR) is 81.8 cm³/mol. The summed E-state index contributed by atoms with van der Waals surface area (Å²) in [4.78, 5) is 37.6. The molecule has 2 heterocycles. The average Bonchev–Trinajstić information content (AvgIpc) is 2.80. The van der Waals surface area contributed by atoms with Crippen LogP contribution in [0.25, 0.3) is 11.8 Å². The van der Waals surface area contributed by atoms with Crippen molar-refractivity contribution in [3.05, 3.63) is 46.9 Å². The van der Waals surface area contributed by atoms with E-state index in [1.807, 2.05) is 25.1 Å². The van der Waals surface area contributed by atoms with Crippen LogP contribution in [0, 0.1) is 0 Å². The second-order valence-electron chi connectivity index (χ2n) is 5.29. The first-order valence-corrected chi connectivity index (χ1v) is 7.18. The van der Waals surface area contributed by atoms with Gasteiger partial charge in [0.05, 0.1) is 5.70 Å². The topological polar surface area (TPSA) is 66.5 Å². The number of imide groups is 1. The number of amides is 3. The second kappa shape index (κ2) is 5.26. The summed E-state index contributed by atoms with van der Waals surface area (Å²) in [5.41, 5.74) is 1.19. The molecule has 2 aliphatic rings. The van der Waals surface area contributed by atoms with Gasteiger partial charge in [0.2, 0.25) is 11.8 Å². The summed E-state index contributed by atoms with van der Waals surface area (Å²) in [6.07, 6.45) is 4.07. The average molecular weight is 296 g/mol. The van der Waals surface area contributed by atoms with Crippen molar-refractivity contribution < 1.29 is 14.4 Å². The van der Waals surface area contributed by atoms with E-state index in [0.717, 1.165) is 10.4 Å². The van der Waals surface area contributed by atoms with Gasteiger partial charge in [-0.05, 0) is 30.7 Å². The summed E-state index contributed by atoms with van der Waals surface area (Å²) in [7, 11) is 0. The lowest BCUT2D eigenvalue weighted by atomic mass is 10.0. The lowest BCUT2D eigenvalue weighted by Gasteiger charge is -2.30. The van der Waals surface area contributed by atoms with Gasteiger partial charge in [-0.25, -0.2) is 0 Å². The zero-order valence-corrected chi connectivity index (χ0v) is 12.3. The number of fused-ring (bicyclic) bond motifs is 1. The summed E-state index contributed by atoms with van der Waals surface area (Å²) in [5, 5.41) is 4.03. The highest BCUT2D eigenvalue weighted by atomic mass is 16.2. The molecule has 0 bridgehead atoms. The molecule has 3 amide bonds. The van der Waals surface area contributed by atoms with Crippen molar-refractivity contribution >= 4 is 29.5 Å². The second-order valence-corrected chi connectivity index (χ2v) is 5.29. The molecule has 0 saturated carbocycles. The molecule has 1 N–H and O–H groups in total. The minimum atomic E-state index is -0.671. The predicted octanol–water partition coefficient (Wildman–Crippen LogP) is 0.0422. The van der Waals surface area contributed by atoms with Crippen molar-refractivity contribution in [2.45, 2.75) is 25.8 Å². The molecule has 1 unspecified atom stereocenters. The molecule has 1 saturated heterocycles. The van der Waals surface area contributed by atoms with Gasteiger partial charge < -0.3 is 0 Å². The standard InChI is InChI=1S/C17H16N2O3/c1-3-10-6-5-7-11-15(10)12(4-2)19(17(11)22)13-8-9-14(20)18-16(13)21/h3-7,13H,2,8-9H2,1H3,(H,18,20,21)/b10-3-. The molecular formula is C17H16N2O3. The van der Waals surface area contributed by atoms with Crippen LogP contribution in [0.4, 0.5) is 0 Å². The van der Waals surface area contributed by atoms with Gasteiger partial charge in [0.25, 0.3) is 5.91 Å². The van der Waals surface area contributed by atoms with Crippen molar-refractivity contribution in [1.29, 1.82) is 0 Å². The lowest BCUT2D eigenvalue weighted by Crippen LogP contribution is -2.52. The molecule has 2 aliphatic heterocycles. The Morgan fingerprint density at radius 1 is 1.32 bits per heavy atom. The van der Waals surface area contributed by atoms with Crippen LogP contribution in [0.2, 0.25) is 0 Å². The molecule has 5 nitrogen and oxygen atoms in total. The number of rotatable bonds is 2. The van der Waals surface area contributed by atoms with Gasteiger partial charge in [-0.1, -0.05) is 24.8 Å². The van der Waals surface area contributed by atoms with Crippen LogP contribution >= 0.6 is 0 Å². The molecule has 1 fully saturated rings. The van der Waals surface area contributed by atoms with Gasteiger partial charge in [-0.3, -0.25) is 24.6 Å². The van der Waals surface area contributed by atoms with Gasteiger partial charge >= 0.3 is 0 Å². The van der Waals surface area contributed by atoms with Crippen molar-refractivity contribution in [1.82, 2.24) is 10.2 Å². The van der Waals surface area contributed by atoms with Crippen LogP contribution in [-0.2, 0) is 9.59 Å². The summed E-state index contributed by atoms with van der Waals surface area (Å²) in [5.74, 6) is -0.949. The number of benzene rings is 1. The highest BCUT2D eigenvalue weighted by molar-refractivity contribution is 6.09. The normalized spacial score (nSPS) is 22.0. The van der Waals surface area contributed by atoms with Crippen molar-refractivity contribution in [3.63, 3.8) is 0 Å². The molecule has 0 spiro atoms. The zero-order chi connectivity index (χ0) is 15.9. The fraction of sp³-hybridized carbons (Fsp3) is 0.235. The Hall–Kier alpha value is -2.69. The lowest BCUT2D eigenvalue weighted by molar-refractivity contribution is -0.136. The van der Waals surface area contributed by atoms with Gasteiger partial charge in [0.15, 0.2) is 0 Å². The fourth-order valence-electron chi connectivity index (χ4n) is 3.07. The molecular weight excluding hydrogens is 280 g/mol. The minimum Gasteiger partial charge on any atom is -0.295 e. The third-order valence-corrected chi connectivity index (χ3v) is 4.09. The Kier molecular flexibility index (Phi) is 3.41. The molecule has 0 aromatic heterocycles. The fourth-order valence-corrected chi connectivity index (χ4v) is 3.07. The van der Waals surface area contributed by atoms with Crippen LogP contribution in [0.15, 0.2) is 30.9 Å². The summed E-state index contributed by atoms with van der Waals surface area (Å²) in [6.45, 7) is 5.69. The first-order valence-electron chi connectivity index (χ1n) is 7.18. The summed E-state index contributed by atoms with van der Waals surface area (Å²) >= 11 is 0. The van der Waals surface area contributed by atoms with E-state index >= 15 is 0 Å². The molecule has 112 valence electrons. The molecule has 5 heteroatoms. The Morgan fingerprint density at radius 2 is 2.09 bits per heavy atom. The van der Waals surface area contributed by atoms with Crippen LogP contribution in [0.1, 0.15) is 30.1 Å². The monoisotopic (exact) mass is 296 g/mol. The number of nitrogens with zero attached hydrogens (tertiary/aromatic N) is 1. The maximum atomic E-state index is 12.7. The van der Waals surface area contributed by atoms with Gasteiger partial charge in [0, 0.05) is 17.2 Å². The van der Waals surface area contributed by atoms with Crippen molar-refractivity contribution in [2.75, 3.05) is 0 Å². The van der Waals surface area contributed by atoms with Crippen LogP contribution in [0.5, 0.6) is 0 Å². The van der Waals surface area contributed by atoms with E-state index in [0.29, 0.717) is 17.7 Å². The van der Waals surface area contributed by atoms with Crippen LogP contribution in [-0.4, -0.2) is 28.7 Å². The number of carbonyl (C=O) groups excluding carboxylic acids is 3. The molecule has 1 aromatic carbocycles. The van der Waals surface area contributed by atoms with E-state index in [4.69, 9.17) is 0 Å². The Labute approximate surface area is 127 Å². The van der Waals surface area contributed by atoms with E-state index in [-0.39, 0.29) is 18.2 Å². The molecule has 0 aliphatic carbocycles. The Bertz CT molecular complexity index is 823. The summed E-state index contributed by atoms with van der Waals surface area (Å²) in [6, 6.07) is 4.82. The number of hydrogen-bond donors (Lipinski definition) is 1. The van der Waals surface area contributed by atoms with Gasteiger partial charge in [0.1, 0.15) is 6.04 Å². The quantitative estimate of drug-likeness (QED) is 0.784. The Balaban J connectivity index is 2.18. The third-order valence-electron chi connectivity index (χ3n) is 4.09. The van der Waals surface area contributed by atoms with E-state index in [9.17, 15) is 14.4 Å². The largest absolute Gasteiger partial charge is 0.295 e. The summed E-state index contributed by atoms with van der Waals surface area (Å²) < 4.78 is 0. The van der Waals surface area contributed by atoms with Gasteiger partial charge in [-0.2, -0.15) is 0 Å². The molecule has 22 heavy (non-hydrogen) atoms. The third kappa shape index (κ3) is 1.97. The van der Waals surface area contributed by atoms with E-state index in [1.54, 1.807) is 12.1 Å². The smallest absolute Gasteiger partial charge is 0.259 e. The molecule has 3 rings (SSSR count). The molecule has 1 atom stereocenters. The SMILES string of the molecule is C=CC1=c2c(ccc/c2=C/C)C(=O)N1C1CCC(=O)NC1=O. The molecule has 1 aromatic rings. The number of hydrogen-bond acceptors (Lipinski definition) is 3. The number of piperidine rings is 1. The van der Waals surface area contributed by atoms with Crippen molar-refractivity contribution in [2.24, 2.45) is 0 Å². The highest BCUT2D eigenvalue weighted by Crippen LogP contribution is 2.24. The maximum Gasteiger partial charge on any atom is 0.259 e. The molecule has 0 radical (unpaired) electrons. The maximum absolute atomic E-state index is 12.7. The number of nitrogens with one attached hydrogen (secondary N) is 1. The first-order chi connectivity index (χ1) is 10.6. The first kappa shape index (κ1) is 14.3. The van der Waals surface area contributed by atoms with Crippen LogP contribution in [0.3, 0.4) is 0 Å². The van der Waals surface area contributed by atoms with E-state index < -0.39 is 11.9 Å². The minimum absolute atomic E-state index is 0.219. The number of carbonyl (C=O) groups is 3. The highest BCUT2D eigenvalue weighted by Gasteiger charge is 2.39.